The third-order valence-electron chi connectivity index (χ3n) is 2.35. The molecule has 0 saturated carbocycles. The van der Waals surface area contributed by atoms with Crippen molar-refractivity contribution >= 4 is 5.82 Å². The number of nitrogen functional groups attached to an aromatic ring is 1. The van der Waals surface area contributed by atoms with Crippen molar-refractivity contribution in [2.45, 2.75) is 20.5 Å². The summed E-state index contributed by atoms with van der Waals surface area (Å²) in [7, 11) is 0. The van der Waals surface area contributed by atoms with Crippen LogP contribution in [0.3, 0.4) is 0 Å². The molecule has 17 heavy (non-hydrogen) atoms. The van der Waals surface area contributed by atoms with Crippen LogP contribution in [0.5, 0.6) is 5.75 Å². The number of hydrogen-bond acceptors (Lipinski definition) is 4. The zero-order valence-electron chi connectivity index (χ0n) is 9.97. The smallest absolute Gasteiger partial charge is 0.166 e. The number of rotatable bonds is 3. The van der Waals surface area contributed by atoms with E-state index in [1.165, 1.54) is 0 Å². The van der Waals surface area contributed by atoms with E-state index in [-0.39, 0.29) is 0 Å². The van der Waals surface area contributed by atoms with Gasteiger partial charge in [0.1, 0.15) is 6.61 Å². The largest absolute Gasteiger partial charge is 0.483 e. The molecule has 2 N–H and O–H groups in total. The van der Waals surface area contributed by atoms with E-state index in [4.69, 9.17) is 10.5 Å². The predicted octanol–water partition coefficient (Wildman–Crippen LogP) is 2.25. The first-order chi connectivity index (χ1) is 8.15. The summed E-state index contributed by atoms with van der Waals surface area (Å²) >= 11 is 0. The van der Waals surface area contributed by atoms with Crippen molar-refractivity contribution in [3.05, 3.63) is 47.4 Å². The average molecular weight is 229 g/mol. The number of anilines is 1. The minimum absolute atomic E-state index is 0.399. The molecule has 0 saturated heterocycles. The molecule has 0 aliphatic rings. The van der Waals surface area contributed by atoms with E-state index >= 15 is 0 Å². The highest BCUT2D eigenvalue weighted by Gasteiger charge is 2.03. The Morgan fingerprint density at radius 3 is 2.53 bits per heavy atom. The SMILES string of the molecule is Cc1cccc(COc2ccc(C)nc2N)n1. The second-order valence-electron chi connectivity index (χ2n) is 3.89. The van der Waals surface area contributed by atoms with Crippen molar-refractivity contribution in [1.82, 2.24) is 9.97 Å². The molecule has 2 aromatic heterocycles. The van der Waals surface area contributed by atoms with E-state index < -0.39 is 0 Å². The normalized spacial score (nSPS) is 10.2. The molecule has 4 heteroatoms. The number of pyridine rings is 2. The zero-order chi connectivity index (χ0) is 12.3. The maximum atomic E-state index is 5.76. The summed E-state index contributed by atoms with van der Waals surface area (Å²) in [6, 6.07) is 9.52. The first kappa shape index (κ1) is 11.4. The Kier molecular flexibility index (Phi) is 3.23. The van der Waals surface area contributed by atoms with Gasteiger partial charge in [-0.15, -0.1) is 0 Å². The van der Waals surface area contributed by atoms with Gasteiger partial charge in [-0.2, -0.15) is 0 Å². The molecule has 0 amide bonds. The van der Waals surface area contributed by atoms with E-state index in [0.29, 0.717) is 18.2 Å². The summed E-state index contributed by atoms with van der Waals surface area (Å²) in [5, 5.41) is 0. The van der Waals surface area contributed by atoms with Crippen molar-refractivity contribution in [1.29, 1.82) is 0 Å². The van der Waals surface area contributed by atoms with E-state index in [2.05, 4.69) is 9.97 Å². The fourth-order valence-electron chi connectivity index (χ4n) is 1.52. The van der Waals surface area contributed by atoms with Gasteiger partial charge in [0, 0.05) is 11.4 Å². The molecule has 0 aromatic carbocycles. The van der Waals surface area contributed by atoms with Crippen LogP contribution < -0.4 is 10.5 Å². The predicted molar refractivity (Wildman–Crippen MR) is 66.7 cm³/mol. The van der Waals surface area contributed by atoms with Gasteiger partial charge in [0.15, 0.2) is 11.6 Å². The van der Waals surface area contributed by atoms with Crippen molar-refractivity contribution in [2.24, 2.45) is 0 Å². The first-order valence-electron chi connectivity index (χ1n) is 5.43. The summed E-state index contributed by atoms with van der Waals surface area (Å²) in [4.78, 5) is 8.49. The number of nitrogens with zero attached hydrogens (tertiary/aromatic N) is 2. The Morgan fingerprint density at radius 2 is 1.82 bits per heavy atom. The van der Waals surface area contributed by atoms with Crippen LogP contribution >= 0.6 is 0 Å². The summed E-state index contributed by atoms with van der Waals surface area (Å²) in [6.45, 7) is 4.24. The zero-order valence-corrected chi connectivity index (χ0v) is 9.97. The minimum atomic E-state index is 0.399. The van der Waals surface area contributed by atoms with Crippen LogP contribution in [0, 0.1) is 13.8 Å². The monoisotopic (exact) mass is 229 g/mol. The molecule has 2 aromatic rings. The molecule has 0 spiro atoms. The Morgan fingerprint density at radius 1 is 1.06 bits per heavy atom. The van der Waals surface area contributed by atoms with Crippen molar-refractivity contribution in [2.75, 3.05) is 5.73 Å². The van der Waals surface area contributed by atoms with Gasteiger partial charge in [-0.05, 0) is 38.1 Å². The fourth-order valence-corrected chi connectivity index (χ4v) is 1.52. The van der Waals surface area contributed by atoms with E-state index in [9.17, 15) is 0 Å². The molecule has 2 heterocycles. The Bertz CT molecular complexity index is 526. The van der Waals surface area contributed by atoms with Gasteiger partial charge >= 0.3 is 0 Å². The van der Waals surface area contributed by atoms with Crippen molar-refractivity contribution in [3.8, 4) is 5.75 Å². The summed E-state index contributed by atoms with van der Waals surface area (Å²) in [6.07, 6.45) is 0. The van der Waals surface area contributed by atoms with Crippen LogP contribution in [-0.2, 0) is 6.61 Å². The maximum absolute atomic E-state index is 5.76. The highest BCUT2D eigenvalue weighted by molar-refractivity contribution is 5.46. The standard InChI is InChI=1S/C13H15N3O/c1-9-4-3-5-11(15-9)8-17-12-7-6-10(2)16-13(12)14/h3-7H,8H2,1-2H3,(H2,14,16). The quantitative estimate of drug-likeness (QED) is 0.876. The Balaban J connectivity index is 2.07. The molecule has 0 aliphatic carbocycles. The lowest BCUT2D eigenvalue weighted by molar-refractivity contribution is 0.301. The molecule has 0 fully saturated rings. The third kappa shape index (κ3) is 2.93. The van der Waals surface area contributed by atoms with Crippen LogP contribution in [0.4, 0.5) is 5.82 Å². The van der Waals surface area contributed by atoms with Gasteiger partial charge in [-0.25, -0.2) is 4.98 Å². The van der Waals surface area contributed by atoms with Crippen LogP contribution in [-0.4, -0.2) is 9.97 Å². The molecule has 4 nitrogen and oxygen atoms in total. The number of ether oxygens (including phenoxy) is 1. The third-order valence-corrected chi connectivity index (χ3v) is 2.35. The van der Waals surface area contributed by atoms with Gasteiger partial charge in [-0.1, -0.05) is 6.07 Å². The molecule has 0 aliphatic heterocycles. The molecule has 0 unspecified atom stereocenters. The number of nitrogens with two attached hydrogens (primary N) is 1. The van der Waals surface area contributed by atoms with Gasteiger partial charge in [0.05, 0.1) is 5.69 Å². The van der Waals surface area contributed by atoms with Crippen LogP contribution in [0.15, 0.2) is 30.3 Å². The maximum Gasteiger partial charge on any atom is 0.166 e. The summed E-state index contributed by atoms with van der Waals surface area (Å²) in [5.74, 6) is 1.01. The summed E-state index contributed by atoms with van der Waals surface area (Å²) in [5.41, 5.74) is 8.49. The second kappa shape index (κ2) is 4.82. The molecule has 88 valence electrons. The first-order valence-corrected chi connectivity index (χ1v) is 5.43. The van der Waals surface area contributed by atoms with Gasteiger partial charge < -0.3 is 10.5 Å². The molecular weight excluding hydrogens is 214 g/mol. The number of aryl methyl sites for hydroxylation is 2. The Labute approximate surface area is 100 Å². The molecule has 0 atom stereocenters. The van der Waals surface area contributed by atoms with Gasteiger partial charge in [0.25, 0.3) is 0 Å². The van der Waals surface area contributed by atoms with Gasteiger partial charge in [0.2, 0.25) is 0 Å². The van der Waals surface area contributed by atoms with Crippen molar-refractivity contribution < 1.29 is 4.74 Å². The lowest BCUT2D eigenvalue weighted by Crippen LogP contribution is -2.02. The van der Waals surface area contributed by atoms with E-state index in [0.717, 1.165) is 17.1 Å². The molecule has 2 rings (SSSR count). The molecule has 0 bridgehead atoms. The number of hydrogen-bond donors (Lipinski definition) is 1. The number of aromatic nitrogens is 2. The Hall–Kier alpha value is -2.10. The lowest BCUT2D eigenvalue weighted by atomic mass is 10.3. The highest BCUT2D eigenvalue weighted by atomic mass is 16.5. The average Bonchev–Trinajstić information content (AvgIpc) is 2.28. The topological polar surface area (TPSA) is 61.0 Å². The highest BCUT2D eigenvalue weighted by Crippen LogP contribution is 2.19. The minimum Gasteiger partial charge on any atom is -0.483 e. The molecule has 0 radical (unpaired) electrons. The second-order valence-corrected chi connectivity index (χ2v) is 3.89. The van der Waals surface area contributed by atoms with Crippen LogP contribution in [0.1, 0.15) is 17.1 Å². The fraction of sp³-hybridized carbons (Fsp3) is 0.231. The van der Waals surface area contributed by atoms with Crippen molar-refractivity contribution in [3.63, 3.8) is 0 Å². The summed E-state index contributed by atoms with van der Waals surface area (Å²) < 4.78 is 5.58. The van der Waals surface area contributed by atoms with E-state index in [1.54, 1.807) is 0 Å². The van der Waals surface area contributed by atoms with Crippen LogP contribution in [0.2, 0.25) is 0 Å². The molecular formula is C13H15N3O. The van der Waals surface area contributed by atoms with Gasteiger partial charge in [-0.3, -0.25) is 4.98 Å². The van der Waals surface area contributed by atoms with Crippen LogP contribution in [0.25, 0.3) is 0 Å². The lowest BCUT2D eigenvalue weighted by Gasteiger charge is -2.08. The van der Waals surface area contributed by atoms with E-state index in [1.807, 2.05) is 44.2 Å².